The van der Waals surface area contributed by atoms with Gasteiger partial charge in [0, 0.05) is 50.6 Å². The molecule has 0 unspecified atom stereocenters. The minimum atomic E-state index is 0.205. The maximum atomic E-state index is 5.93. The van der Waals surface area contributed by atoms with Crippen LogP contribution >= 0.6 is 0 Å². The summed E-state index contributed by atoms with van der Waals surface area (Å²) in [5, 5.41) is 3.44. The molecule has 0 radical (unpaired) electrons. The average molecular weight is 326 g/mol. The van der Waals surface area contributed by atoms with Gasteiger partial charge in [-0.05, 0) is 11.6 Å². The Bertz CT molecular complexity index is 646. The van der Waals surface area contributed by atoms with Crippen LogP contribution in [0.5, 0.6) is 5.75 Å². The molecule has 2 aliphatic heterocycles. The molecule has 6 heteroatoms. The first kappa shape index (κ1) is 15.4. The van der Waals surface area contributed by atoms with Crippen molar-refractivity contribution in [3.8, 4) is 5.75 Å². The number of nitrogens with one attached hydrogen (secondary N) is 1. The number of fused-ring (bicyclic) bond motifs is 1. The van der Waals surface area contributed by atoms with Gasteiger partial charge in [0.05, 0.1) is 13.2 Å². The van der Waals surface area contributed by atoms with Crippen LogP contribution in [0.25, 0.3) is 0 Å². The van der Waals surface area contributed by atoms with E-state index in [0.29, 0.717) is 0 Å². The second kappa shape index (κ2) is 7.15. The molecule has 1 aromatic carbocycles. The first-order valence-corrected chi connectivity index (χ1v) is 8.47. The van der Waals surface area contributed by atoms with E-state index in [0.717, 1.165) is 63.1 Å². The molecule has 2 aliphatic rings. The number of morpholine rings is 1. The standard InChI is InChI=1S/C18H22N4O2/c1-2-4-17-15(3-1)9-16(24-17)13-19-10-14-11-20-18(21-12-14)22-5-7-23-8-6-22/h1-4,11-12,16,19H,5-10,13H2/t16-/m0/s1. The maximum Gasteiger partial charge on any atom is 0.225 e. The molecule has 1 N–H and O–H groups in total. The zero-order valence-electron chi connectivity index (χ0n) is 13.6. The highest BCUT2D eigenvalue weighted by atomic mass is 16.5. The molecule has 0 bridgehead atoms. The summed E-state index contributed by atoms with van der Waals surface area (Å²) in [5.74, 6) is 1.80. The second-order valence-corrected chi connectivity index (χ2v) is 6.17. The quantitative estimate of drug-likeness (QED) is 0.896. The van der Waals surface area contributed by atoms with Crippen LogP contribution in [0, 0.1) is 0 Å². The van der Waals surface area contributed by atoms with Gasteiger partial charge >= 0.3 is 0 Å². The van der Waals surface area contributed by atoms with Gasteiger partial charge in [0.1, 0.15) is 11.9 Å². The molecule has 1 atom stereocenters. The van der Waals surface area contributed by atoms with Gasteiger partial charge in [0.25, 0.3) is 0 Å². The van der Waals surface area contributed by atoms with Crippen molar-refractivity contribution in [2.45, 2.75) is 19.1 Å². The van der Waals surface area contributed by atoms with Gasteiger partial charge in [-0.1, -0.05) is 18.2 Å². The highest BCUT2D eigenvalue weighted by molar-refractivity contribution is 5.37. The Labute approximate surface area is 141 Å². The predicted molar refractivity (Wildman–Crippen MR) is 91.3 cm³/mol. The third-order valence-corrected chi connectivity index (χ3v) is 4.40. The Morgan fingerprint density at radius 3 is 2.71 bits per heavy atom. The van der Waals surface area contributed by atoms with E-state index in [2.05, 4.69) is 32.3 Å². The Kier molecular flexibility index (Phi) is 4.57. The van der Waals surface area contributed by atoms with Crippen LogP contribution in [-0.4, -0.2) is 48.9 Å². The lowest BCUT2D eigenvalue weighted by Gasteiger charge is -2.26. The van der Waals surface area contributed by atoms with Crippen LogP contribution in [-0.2, 0) is 17.7 Å². The summed E-state index contributed by atoms with van der Waals surface area (Å²) in [6.45, 7) is 4.78. The van der Waals surface area contributed by atoms with Gasteiger partial charge in [-0.15, -0.1) is 0 Å². The molecule has 24 heavy (non-hydrogen) atoms. The number of para-hydroxylation sites is 1. The molecule has 0 amide bonds. The molecular weight excluding hydrogens is 304 g/mol. The van der Waals surface area contributed by atoms with E-state index in [9.17, 15) is 0 Å². The third-order valence-electron chi connectivity index (χ3n) is 4.40. The van der Waals surface area contributed by atoms with E-state index in [1.165, 1.54) is 5.56 Å². The number of nitrogens with zero attached hydrogens (tertiary/aromatic N) is 3. The molecule has 6 nitrogen and oxygen atoms in total. The molecular formula is C18H22N4O2. The van der Waals surface area contributed by atoms with Gasteiger partial charge in [-0.2, -0.15) is 0 Å². The van der Waals surface area contributed by atoms with Crippen LogP contribution in [0.1, 0.15) is 11.1 Å². The van der Waals surface area contributed by atoms with Crippen molar-refractivity contribution in [1.29, 1.82) is 0 Å². The lowest BCUT2D eigenvalue weighted by atomic mass is 10.1. The van der Waals surface area contributed by atoms with E-state index >= 15 is 0 Å². The van der Waals surface area contributed by atoms with Gasteiger partial charge in [0.15, 0.2) is 0 Å². The molecule has 1 aromatic heterocycles. The molecule has 0 aliphatic carbocycles. The Balaban J connectivity index is 1.25. The number of ether oxygens (including phenoxy) is 2. The Morgan fingerprint density at radius 1 is 1.12 bits per heavy atom. The van der Waals surface area contributed by atoms with Crippen LogP contribution in [0.3, 0.4) is 0 Å². The van der Waals surface area contributed by atoms with Gasteiger partial charge < -0.3 is 19.7 Å². The van der Waals surface area contributed by atoms with E-state index in [4.69, 9.17) is 9.47 Å². The van der Waals surface area contributed by atoms with Crippen LogP contribution in [0.4, 0.5) is 5.95 Å². The summed E-state index contributed by atoms with van der Waals surface area (Å²) in [6, 6.07) is 8.24. The molecule has 1 saturated heterocycles. The number of hydrogen-bond donors (Lipinski definition) is 1. The lowest BCUT2D eigenvalue weighted by Crippen LogP contribution is -2.37. The monoisotopic (exact) mass is 326 g/mol. The zero-order valence-corrected chi connectivity index (χ0v) is 13.6. The van der Waals surface area contributed by atoms with Crippen LogP contribution in [0.15, 0.2) is 36.7 Å². The fraction of sp³-hybridized carbons (Fsp3) is 0.444. The first-order chi connectivity index (χ1) is 11.9. The zero-order chi connectivity index (χ0) is 16.2. The van der Waals surface area contributed by atoms with Crippen molar-refractivity contribution < 1.29 is 9.47 Å². The largest absolute Gasteiger partial charge is 0.488 e. The topological polar surface area (TPSA) is 59.5 Å². The summed E-state index contributed by atoms with van der Waals surface area (Å²) in [6.07, 6.45) is 4.97. The summed E-state index contributed by atoms with van der Waals surface area (Å²) < 4.78 is 11.3. The minimum Gasteiger partial charge on any atom is -0.488 e. The smallest absolute Gasteiger partial charge is 0.225 e. The van der Waals surface area contributed by atoms with Gasteiger partial charge in [-0.25, -0.2) is 9.97 Å². The highest BCUT2D eigenvalue weighted by Crippen LogP contribution is 2.27. The van der Waals surface area contributed by atoms with E-state index in [1.54, 1.807) is 0 Å². The molecule has 2 aromatic rings. The summed E-state index contributed by atoms with van der Waals surface area (Å²) in [5.41, 5.74) is 2.38. The molecule has 4 rings (SSSR count). The van der Waals surface area contributed by atoms with Crippen LogP contribution in [0.2, 0.25) is 0 Å². The third kappa shape index (κ3) is 3.49. The second-order valence-electron chi connectivity index (χ2n) is 6.17. The van der Waals surface area contributed by atoms with Crippen molar-refractivity contribution in [1.82, 2.24) is 15.3 Å². The van der Waals surface area contributed by atoms with Crippen molar-refractivity contribution in [2.24, 2.45) is 0 Å². The van der Waals surface area contributed by atoms with Crippen molar-refractivity contribution in [3.05, 3.63) is 47.8 Å². The number of benzene rings is 1. The molecule has 3 heterocycles. The normalized spacial score (nSPS) is 19.8. The van der Waals surface area contributed by atoms with E-state index in [-0.39, 0.29) is 6.10 Å². The molecule has 0 saturated carbocycles. The molecule has 1 fully saturated rings. The summed E-state index contributed by atoms with van der Waals surface area (Å²) in [7, 11) is 0. The predicted octanol–water partition coefficient (Wildman–Crippen LogP) is 1.41. The van der Waals surface area contributed by atoms with Crippen LogP contribution < -0.4 is 15.0 Å². The number of aromatic nitrogens is 2. The van der Waals surface area contributed by atoms with Crippen molar-refractivity contribution in [3.63, 3.8) is 0 Å². The minimum absolute atomic E-state index is 0.205. The first-order valence-electron chi connectivity index (χ1n) is 8.47. The van der Waals surface area contributed by atoms with E-state index in [1.807, 2.05) is 24.5 Å². The SMILES string of the molecule is c1ccc2c(c1)C[C@@H](CNCc1cnc(N3CCOCC3)nc1)O2. The number of anilines is 1. The number of rotatable bonds is 5. The van der Waals surface area contributed by atoms with Gasteiger partial charge in [0.2, 0.25) is 5.95 Å². The average Bonchev–Trinajstić information content (AvgIpc) is 3.06. The lowest BCUT2D eigenvalue weighted by molar-refractivity contribution is 0.122. The Hall–Kier alpha value is -2.18. The van der Waals surface area contributed by atoms with E-state index < -0.39 is 0 Å². The van der Waals surface area contributed by atoms with Crippen molar-refractivity contribution in [2.75, 3.05) is 37.7 Å². The Morgan fingerprint density at radius 2 is 1.92 bits per heavy atom. The maximum absolute atomic E-state index is 5.93. The molecule has 0 spiro atoms. The van der Waals surface area contributed by atoms with Gasteiger partial charge in [-0.3, -0.25) is 0 Å². The molecule has 126 valence electrons. The summed E-state index contributed by atoms with van der Waals surface area (Å²) in [4.78, 5) is 11.1. The fourth-order valence-corrected chi connectivity index (χ4v) is 3.11. The fourth-order valence-electron chi connectivity index (χ4n) is 3.11. The highest BCUT2D eigenvalue weighted by Gasteiger charge is 2.21. The van der Waals surface area contributed by atoms with Crippen molar-refractivity contribution >= 4 is 5.95 Å². The summed E-state index contributed by atoms with van der Waals surface area (Å²) >= 11 is 0. The number of hydrogen-bond acceptors (Lipinski definition) is 6.